The average Bonchev–Trinajstić information content (AvgIpc) is 2.63. The number of anilines is 1. The fourth-order valence-corrected chi connectivity index (χ4v) is 1.61. The molecule has 0 radical (unpaired) electrons. The van der Waals surface area contributed by atoms with E-state index in [0.717, 1.165) is 25.9 Å². The Balaban J connectivity index is 2.54. The standard InChI is InChI=1S/C11H20N4O/c1-3-6-14(7-4-2)11(16)9-15-8-5-10(12)13-15/h5,8H,3-4,6-7,9H2,1-2H3,(H2,12,13). The second-order valence-electron chi connectivity index (χ2n) is 3.82. The van der Waals surface area contributed by atoms with Crippen molar-refractivity contribution in [3.8, 4) is 0 Å². The Morgan fingerprint density at radius 2 is 2.06 bits per heavy atom. The SMILES string of the molecule is CCCN(CCC)C(=O)Cn1ccc(N)n1. The molecular formula is C11H20N4O. The molecule has 0 bridgehead atoms. The van der Waals surface area contributed by atoms with Crippen LogP contribution in [0.15, 0.2) is 12.3 Å². The minimum atomic E-state index is 0.104. The fraction of sp³-hybridized carbons (Fsp3) is 0.636. The van der Waals surface area contributed by atoms with Crippen molar-refractivity contribution in [1.29, 1.82) is 0 Å². The lowest BCUT2D eigenvalue weighted by Gasteiger charge is -2.21. The number of nitrogen functional groups attached to an aromatic ring is 1. The van der Waals surface area contributed by atoms with Gasteiger partial charge in [0.25, 0.3) is 0 Å². The predicted octanol–water partition coefficient (Wildman–Crippen LogP) is 1.11. The summed E-state index contributed by atoms with van der Waals surface area (Å²) in [6.45, 7) is 6.04. The third-order valence-corrected chi connectivity index (χ3v) is 2.30. The van der Waals surface area contributed by atoms with Crippen molar-refractivity contribution in [3.05, 3.63) is 12.3 Å². The highest BCUT2D eigenvalue weighted by Crippen LogP contribution is 2.00. The second kappa shape index (κ2) is 6.15. The lowest BCUT2D eigenvalue weighted by Crippen LogP contribution is -2.35. The van der Waals surface area contributed by atoms with Crippen LogP contribution in [-0.2, 0) is 11.3 Å². The van der Waals surface area contributed by atoms with Gasteiger partial charge >= 0.3 is 0 Å². The van der Waals surface area contributed by atoms with Gasteiger partial charge in [0.2, 0.25) is 5.91 Å². The molecule has 0 unspecified atom stereocenters. The number of nitrogens with two attached hydrogens (primary N) is 1. The molecule has 1 aromatic rings. The fourth-order valence-electron chi connectivity index (χ4n) is 1.61. The van der Waals surface area contributed by atoms with Gasteiger partial charge in [0.15, 0.2) is 0 Å². The number of carbonyl (C=O) groups excluding carboxylic acids is 1. The van der Waals surface area contributed by atoms with Gasteiger partial charge in [-0.3, -0.25) is 9.48 Å². The van der Waals surface area contributed by atoms with Crippen LogP contribution < -0.4 is 5.73 Å². The van der Waals surface area contributed by atoms with E-state index in [2.05, 4.69) is 18.9 Å². The molecule has 0 aliphatic rings. The van der Waals surface area contributed by atoms with Crippen molar-refractivity contribution in [3.63, 3.8) is 0 Å². The van der Waals surface area contributed by atoms with Gasteiger partial charge in [-0.15, -0.1) is 0 Å². The van der Waals surface area contributed by atoms with Crippen LogP contribution in [0.4, 0.5) is 5.82 Å². The largest absolute Gasteiger partial charge is 0.382 e. The highest BCUT2D eigenvalue weighted by molar-refractivity contribution is 5.75. The first kappa shape index (κ1) is 12.5. The van der Waals surface area contributed by atoms with Crippen molar-refractivity contribution in [1.82, 2.24) is 14.7 Å². The summed E-state index contributed by atoms with van der Waals surface area (Å²) < 4.78 is 1.58. The van der Waals surface area contributed by atoms with Crippen LogP contribution >= 0.6 is 0 Å². The van der Waals surface area contributed by atoms with Gasteiger partial charge < -0.3 is 10.6 Å². The molecule has 16 heavy (non-hydrogen) atoms. The minimum absolute atomic E-state index is 0.104. The molecule has 1 amide bonds. The van der Waals surface area contributed by atoms with Gasteiger partial charge in [0, 0.05) is 19.3 Å². The molecule has 0 saturated heterocycles. The van der Waals surface area contributed by atoms with E-state index in [1.165, 1.54) is 0 Å². The Hall–Kier alpha value is -1.52. The number of rotatable bonds is 6. The summed E-state index contributed by atoms with van der Waals surface area (Å²) in [4.78, 5) is 13.8. The van der Waals surface area contributed by atoms with Crippen molar-refractivity contribution in [2.75, 3.05) is 18.8 Å². The van der Waals surface area contributed by atoms with Gasteiger partial charge in [-0.1, -0.05) is 13.8 Å². The molecule has 1 rings (SSSR count). The summed E-state index contributed by atoms with van der Waals surface area (Å²) in [6.07, 6.45) is 3.68. The van der Waals surface area contributed by atoms with E-state index < -0.39 is 0 Å². The van der Waals surface area contributed by atoms with Crippen molar-refractivity contribution < 1.29 is 4.79 Å². The molecule has 5 heteroatoms. The second-order valence-corrected chi connectivity index (χ2v) is 3.82. The molecule has 0 aromatic carbocycles. The molecule has 0 spiro atoms. The molecule has 0 aliphatic carbocycles. The molecule has 5 nitrogen and oxygen atoms in total. The maximum absolute atomic E-state index is 11.9. The number of nitrogens with zero attached hydrogens (tertiary/aromatic N) is 3. The Morgan fingerprint density at radius 1 is 1.44 bits per heavy atom. The lowest BCUT2D eigenvalue weighted by molar-refractivity contribution is -0.132. The summed E-state index contributed by atoms with van der Waals surface area (Å²) in [5, 5.41) is 4.00. The summed E-state index contributed by atoms with van der Waals surface area (Å²) in [6, 6.07) is 1.69. The maximum atomic E-state index is 11.9. The van der Waals surface area contributed by atoms with E-state index in [1.54, 1.807) is 16.9 Å². The Bertz CT molecular complexity index is 328. The van der Waals surface area contributed by atoms with Crippen molar-refractivity contribution >= 4 is 11.7 Å². The molecule has 2 N–H and O–H groups in total. The number of amides is 1. The molecule has 0 atom stereocenters. The van der Waals surface area contributed by atoms with Crippen LogP contribution in [0, 0.1) is 0 Å². The summed E-state index contributed by atoms with van der Waals surface area (Å²) in [7, 11) is 0. The number of carbonyl (C=O) groups is 1. The van der Waals surface area contributed by atoms with Gasteiger partial charge in [-0.25, -0.2) is 0 Å². The molecule has 0 saturated carbocycles. The normalized spacial score (nSPS) is 10.4. The third-order valence-electron chi connectivity index (χ3n) is 2.30. The van der Waals surface area contributed by atoms with E-state index in [1.807, 2.05) is 4.90 Å². The van der Waals surface area contributed by atoms with Crippen molar-refractivity contribution in [2.24, 2.45) is 0 Å². The molecule has 1 heterocycles. The summed E-state index contributed by atoms with van der Waals surface area (Å²) in [5.74, 6) is 0.553. The summed E-state index contributed by atoms with van der Waals surface area (Å²) >= 11 is 0. The van der Waals surface area contributed by atoms with E-state index >= 15 is 0 Å². The first-order chi connectivity index (χ1) is 7.67. The van der Waals surface area contributed by atoms with E-state index in [0.29, 0.717) is 5.82 Å². The zero-order valence-electron chi connectivity index (χ0n) is 10.0. The Labute approximate surface area is 96.2 Å². The Morgan fingerprint density at radius 3 is 2.50 bits per heavy atom. The molecule has 90 valence electrons. The molecule has 0 fully saturated rings. The molecule has 1 aromatic heterocycles. The number of hydrogen-bond acceptors (Lipinski definition) is 3. The van der Waals surface area contributed by atoms with E-state index in [9.17, 15) is 4.79 Å². The van der Waals surface area contributed by atoms with Crippen LogP contribution in [0.2, 0.25) is 0 Å². The first-order valence-corrected chi connectivity index (χ1v) is 5.74. The molecular weight excluding hydrogens is 204 g/mol. The number of hydrogen-bond donors (Lipinski definition) is 1. The lowest BCUT2D eigenvalue weighted by atomic mass is 10.3. The highest BCUT2D eigenvalue weighted by atomic mass is 16.2. The average molecular weight is 224 g/mol. The van der Waals surface area contributed by atoms with Gasteiger partial charge in [0.1, 0.15) is 12.4 Å². The van der Waals surface area contributed by atoms with Crippen molar-refractivity contribution in [2.45, 2.75) is 33.2 Å². The van der Waals surface area contributed by atoms with Crippen LogP contribution in [-0.4, -0.2) is 33.7 Å². The van der Waals surface area contributed by atoms with Gasteiger partial charge in [-0.05, 0) is 18.9 Å². The smallest absolute Gasteiger partial charge is 0.244 e. The quantitative estimate of drug-likeness (QED) is 0.787. The maximum Gasteiger partial charge on any atom is 0.244 e. The van der Waals surface area contributed by atoms with Crippen LogP contribution in [0.3, 0.4) is 0 Å². The summed E-state index contributed by atoms with van der Waals surface area (Å²) in [5.41, 5.74) is 5.49. The molecule has 0 aliphatic heterocycles. The zero-order valence-corrected chi connectivity index (χ0v) is 10.0. The number of aromatic nitrogens is 2. The topological polar surface area (TPSA) is 64.2 Å². The van der Waals surface area contributed by atoms with Crippen LogP contribution in [0.5, 0.6) is 0 Å². The van der Waals surface area contributed by atoms with Crippen LogP contribution in [0.25, 0.3) is 0 Å². The highest BCUT2D eigenvalue weighted by Gasteiger charge is 2.12. The van der Waals surface area contributed by atoms with Gasteiger partial charge in [-0.2, -0.15) is 5.10 Å². The predicted molar refractivity (Wildman–Crippen MR) is 63.8 cm³/mol. The monoisotopic (exact) mass is 224 g/mol. The van der Waals surface area contributed by atoms with E-state index in [-0.39, 0.29) is 12.5 Å². The first-order valence-electron chi connectivity index (χ1n) is 5.74. The minimum Gasteiger partial charge on any atom is -0.382 e. The van der Waals surface area contributed by atoms with E-state index in [4.69, 9.17) is 5.73 Å². The van der Waals surface area contributed by atoms with Crippen LogP contribution in [0.1, 0.15) is 26.7 Å². The van der Waals surface area contributed by atoms with Gasteiger partial charge in [0.05, 0.1) is 0 Å². The Kier molecular flexibility index (Phi) is 4.82. The zero-order chi connectivity index (χ0) is 12.0. The third kappa shape index (κ3) is 3.56.